The number of carboxylic acids is 1. The fraction of sp³-hybridized carbons (Fsp3) is 0.444. The number of hydrogen-bond acceptors (Lipinski definition) is 5. The maximum absolute atomic E-state index is 13.2. The van der Waals surface area contributed by atoms with Crippen molar-refractivity contribution >= 4 is 18.0 Å². The monoisotopic (exact) mass is 478 g/mol. The van der Waals surface area contributed by atoms with Crippen molar-refractivity contribution in [2.45, 2.75) is 56.2 Å². The Morgan fingerprint density at radius 3 is 2.37 bits per heavy atom. The second-order valence-electron chi connectivity index (χ2n) is 9.44. The SMILES string of the molecule is O=C(O)CC1CCCCN1C(=O)[C@@H]1OCC[C@@H]1NC(=O)OCC1c2ccccc2-c2ccccc21. The van der Waals surface area contributed by atoms with Gasteiger partial charge < -0.3 is 24.8 Å². The van der Waals surface area contributed by atoms with E-state index in [4.69, 9.17) is 9.47 Å². The molecule has 8 nitrogen and oxygen atoms in total. The van der Waals surface area contributed by atoms with Gasteiger partial charge in [0.1, 0.15) is 6.61 Å². The first-order chi connectivity index (χ1) is 17.0. The number of fused-ring (bicyclic) bond motifs is 3. The number of piperidine rings is 1. The first-order valence-corrected chi connectivity index (χ1v) is 12.3. The molecule has 2 fully saturated rings. The van der Waals surface area contributed by atoms with Gasteiger partial charge in [0.25, 0.3) is 5.91 Å². The number of carboxylic acid groups (broad SMARTS) is 1. The van der Waals surface area contributed by atoms with E-state index in [2.05, 4.69) is 29.6 Å². The van der Waals surface area contributed by atoms with Crippen LogP contribution in [0.4, 0.5) is 4.79 Å². The lowest BCUT2D eigenvalue weighted by Crippen LogP contribution is -2.54. The summed E-state index contributed by atoms with van der Waals surface area (Å²) in [6.45, 7) is 1.05. The molecule has 0 aromatic heterocycles. The highest BCUT2D eigenvalue weighted by Gasteiger charge is 2.41. The van der Waals surface area contributed by atoms with Crippen LogP contribution in [0.1, 0.15) is 49.1 Å². The lowest BCUT2D eigenvalue weighted by Gasteiger charge is -2.37. The zero-order valence-corrected chi connectivity index (χ0v) is 19.5. The first-order valence-electron chi connectivity index (χ1n) is 12.3. The van der Waals surface area contributed by atoms with Crippen LogP contribution >= 0.6 is 0 Å². The van der Waals surface area contributed by atoms with Gasteiger partial charge in [-0.1, -0.05) is 48.5 Å². The van der Waals surface area contributed by atoms with E-state index in [1.54, 1.807) is 4.90 Å². The van der Waals surface area contributed by atoms with Crippen LogP contribution in [0.3, 0.4) is 0 Å². The molecule has 2 amide bonds. The molecule has 5 rings (SSSR count). The Morgan fingerprint density at radius 1 is 1.00 bits per heavy atom. The molecule has 0 bridgehead atoms. The zero-order valence-electron chi connectivity index (χ0n) is 19.5. The number of nitrogens with one attached hydrogen (secondary N) is 1. The van der Waals surface area contributed by atoms with Gasteiger partial charge in [-0.05, 0) is 47.9 Å². The summed E-state index contributed by atoms with van der Waals surface area (Å²) in [5.74, 6) is -1.22. The Kier molecular flexibility index (Phi) is 6.72. The van der Waals surface area contributed by atoms with Crippen molar-refractivity contribution < 1.29 is 29.0 Å². The lowest BCUT2D eigenvalue weighted by molar-refractivity contribution is -0.148. The zero-order chi connectivity index (χ0) is 24.4. The molecule has 2 N–H and O–H groups in total. The number of alkyl carbamates (subject to hydrolysis) is 1. The molecule has 3 aliphatic rings. The Labute approximate surface area is 204 Å². The summed E-state index contributed by atoms with van der Waals surface area (Å²) in [5.41, 5.74) is 4.58. The predicted octanol–water partition coefficient (Wildman–Crippen LogP) is 3.54. The van der Waals surface area contributed by atoms with Gasteiger partial charge in [-0.3, -0.25) is 9.59 Å². The minimum absolute atomic E-state index is 0.0458. The number of aliphatic carboxylic acids is 1. The fourth-order valence-corrected chi connectivity index (χ4v) is 5.64. The summed E-state index contributed by atoms with van der Waals surface area (Å²) in [4.78, 5) is 38.9. The second-order valence-corrected chi connectivity index (χ2v) is 9.44. The van der Waals surface area contributed by atoms with Crippen molar-refractivity contribution in [2.75, 3.05) is 19.8 Å². The third kappa shape index (κ3) is 4.75. The quantitative estimate of drug-likeness (QED) is 0.658. The van der Waals surface area contributed by atoms with Gasteiger partial charge in [0.2, 0.25) is 0 Å². The van der Waals surface area contributed by atoms with Crippen LogP contribution in [0, 0.1) is 0 Å². The van der Waals surface area contributed by atoms with Crippen LogP contribution in [0.25, 0.3) is 11.1 Å². The highest BCUT2D eigenvalue weighted by atomic mass is 16.6. The smallest absolute Gasteiger partial charge is 0.407 e. The van der Waals surface area contributed by atoms with E-state index in [1.807, 2.05) is 24.3 Å². The van der Waals surface area contributed by atoms with Crippen molar-refractivity contribution in [3.05, 3.63) is 59.7 Å². The Hall–Kier alpha value is -3.39. The molecule has 2 saturated heterocycles. The van der Waals surface area contributed by atoms with E-state index >= 15 is 0 Å². The van der Waals surface area contributed by atoms with Gasteiger partial charge in [-0.15, -0.1) is 0 Å². The minimum atomic E-state index is -0.921. The average Bonchev–Trinajstić information content (AvgIpc) is 3.45. The van der Waals surface area contributed by atoms with E-state index in [1.165, 1.54) is 0 Å². The number of carbonyl (C=O) groups excluding carboxylic acids is 2. The van der Waals surface area contributed by atoms with Gasteiger partial charge in [-0.2, -0.15) is 0 Å². The fourth-order valence-electron chi connectivity index (χ4n) is 5.64. The molecule has 2 aromatic rings. The number of nitrogens with zero attached hydrogens (tertiary/aromatic N) is 1. The van der Waals surface area contributed by atoms with E-state index < -0.39 is 24.2 Å². The molecule has 35 heavy (non-hydrogen) atoms. The number of hydrogen-bond donors (Lipinski definition) is 2. The summed E-state index contributed by atoms with van der Waals surface area (Å²) in [6, 6.07) is 15.4. The molecular weight excluding hydrogens is 448 g/mol. The molecule has 2 aromatic carbocycles. The van der Waals surface area contributed by atoms with Gasteiger partial charge in [0.15, 0.2) is 6.10 Å². The van der Waals surface area contributed by atoms with Crippen molar-refractivity contribution in [3.63, 3.8) is 0 Å². The largest absolute Gasteiger partial charge is 0.481 e. The first kappa shape index (κ1) is 23.4. The molecule has 184 valence electrons. The summed E-state index contributed by atoms with van der Waals surface area (Å²) >= 11 is 0. The molecule has 1 aliphatic carbocycles. The lowest BCUT2D eigenvalue weighted by atomic mass is 9.97. The van der Waals surface area contributed by atoms with Crippen LogP contribution in [-0.2, 0) is 19.1 Å². The number of benzene rings is 2. The van der Waals surface area contributed by atoms with E-state index in [0.29, 0.717) is 26.0 Å². The topological polar surface area (TPSA) is 105 Å². The Balaban J connectivity index is 1.22. The number of rotatable bonds is 6. The molecule has 0 spiro atoms. The highest BCUT2D eigenvalue weighted by Crippen LogP contribution is 2.44. The molecule has 8 heteroatoms. The van der Waals surface area contributed by atoms with E-state index in [-0.39, 0.29) is 30.9 Å². The Bertz CT molecular complexity index is 1070. The minimum Gasteiger partial charge on any atom is -0.481 e. The third-order valence-electron chi connectivity index (χ3n) is 7.30. The average molecular weight is 479 g/mol. The van der Waals surface area contributed by atoms with Crippen molar-refractivity contribution in [1.29, 1.82) is 0 Å². The molecule has 0 radical (unpaired) electrons. The van der Waals surface area contributed by atoms with Crippen LogP contribution in [-0.4, -0.2) is 65.9 Å². The Morgan fingerprint density at radius 2 is 1.69 bits per heavy atom. The van der Waals surface area contributed by atoms with Crippen molar-refractivity contribution in [2.24, 2.45) is 0 Å². The van der Waals surface area contributed by atoms with Crippen LogP contribution in [0.2, 0.25) is 0 Å². The molecule has 1 unspecified atom stereocenters. The molecular formula is C27H30N2O6. The summed E-state index contributed by atoms with van der Waals surface area (Å²) in [7, 11) is 0. The predicted molar refractivity (Wildman–Crippen MR) is 128 cm³/mol. The summed E-state index contributed by atoms with van der Waals surface area (Å²) in [5, 5.41) is 12.1. The summed E-state index contributed by atoms with van der Waals surface area (Å²) in [6.07, 6.45) is 1.40. The van der Waals surface area contributed by atoms with Gasteiger partial charge in [0, 0.05) is 25.1 Å². The number of likely N-dealkylation sites (tertiary alicyclic amines) is 1. The van der Waals surface area contributed by atoms with Crippen molar-refractivity contribution in [3.8, 4) is 11.1 Å². The van der Waals surface area contributed by atoms with Crippen LogP contribution < -0.4 is 5.32 Å². The number of ether oxygens (including phenoxy) is 2. The number of amides is 2. The third-order valence-corrected chi connectivity index (χ3v) is 7.30. The van der Waals surface area contributed by atoms with E-state index in [9.17, 15) is 19.5 Å². The van der Waals surface area contributed by atoms with Crippen LogP contribution in [0.15, 0.2) is 48.5 Å². The maximum Gasteiger partial charge on any atom is 0.407 e. The second kappa shape index (κ2) is 10.1. The van der Waals surface area contributed by atoms with Gasteiger partial charge >= 0.3 is 12.1 Å². The molecule has 3 atom stereocenters. The standard InChI is InChI=1S/C27H30N2O6/c30-24(31)15-17-7-5-6-13-29(17)26(32)25-23(12-14-34-25)28-27(33)35-16-22-20-10-3-1-8-18(20)19-9-2-4-11-21(19)22/h1-4,8-11,17,22-23,25H,5-7,12-16H2,(H,28,33)(H,30,31)/t17?,23-,25+/m0/s1. The highest BCUT2D eigenvalue weighted by molar-refractivity contribution is 5.84. The molecule has 0 saturated carbocycles. The number of carbonyl (C=O) groups is 3. The van der Waals surface area contributed by atoms with Gasteiger partial charge in [-0.25, -0.2) is 4.79 Å². The van der Waals surface area contributed by atoms with Gasteiger partial charge in [0.05, 0.1) is 12.5 Å². The molecule has 2 aliphatic heterocycles. The van der Waals surface area contributed by atoms with E-state index in [0.717, 1.165) is 35.1 Å². The maximum atomic E-state index is 13.2. The summed E-state index contributed by atoms with van der Waals surface area (Å²) < 4.78 is 11.3. The molecule has 2 heterocycles. The van der Waals surface area contributed by atoms with Crippen molar-refractivity contribution in [1.82, 2.24) is 10.2 Å². The normalized spacial score (nSPS) is 23.4. The van der Waals surface area contributed by atoms with Crippen LogP contribution in [0.5, 0.6) is 0 Å².